The molecule has 6 heteroatoms. The molecule has 0 aliphatic carbocycles. The minimum atomic E-state index is -0.202. The summed E-state index contributed by atoms with van der Waals surface area (Å²) in [6.45, 7) is 6.55. The molecule has 0 spiro atoms. The van der Waals surface area contributed by atoms with E-state index in [1.807, 2.05) is 0 Å². The minimum Gasteiger partial charge on any atom is -0.338 e. The molecule has 0 aliphatic heterocycles. The zero-order valence-corrected chi connectivity index (χ0v) is 21.5. The third kappa shape index (κ3) is 6.17. The lowest BCUT2D eigenvalue weighted by atomic mass is 9.92. The van der Waals surface area contributed by atoms with Crippen molar-refractivity contribution in [2.75, 3.05) is 19.6 Å². The van der Waals surface area contributed by atoms with Crippen molar-refractivity contribution in [2.45, 2.75) is 52.5 Å². The van der Waals surface area contributed by atoms with Crippen molar-refractivity contribution in [3.63, 3.8) is 0 Å². The maximum absolute atomic E-state index is 12.4. The molecule has 4 amide bonds. The van der Waals surface area contributed by atoms with Gasteiger partial charge in [-0.05, 0) is 56.6 Å². The number of rotatable bonds is 12. The molecule has 0 aliphatic rings. The van der Waals surface area contributed by atoms with Gasteiger partial charge in [-0.3, -0.25) is 0 Å². The van der Waals surface area contributed by atoms with Crippen molar-refractivity contribution in [1.29, 1.82) is 0 Å². The molecule has 1 atom stereocenters. The van der Waals surface area contributed by atoms with Crippen molar-refractivity contribution >= 4 is 44.4 Å². The Kier molecular flexibility index (Phi) is 8.82. The molecule has 0 bridgehead atoms. The predicted octanol–water partition coefficient (Wildman–Crippen LogP) is 6.29. The first-order valence-electron chi connectivity index (χ1n) is 13.3. The Bertz CT molecular complexity index is 1290. The van der Waals surface area contributed by atoms with Crippen LogP contribution in [0.4, 0.5) is 9.59 Å². The molecule has 4 rings (SSSR count). The van der Waals surface area contributed by atoms with Crippen molar-refractivity contribution in [1.82, 2.24) is 21.3 Å². The Hall–Kier alpha value is -3.54. The lowest BCUT2D eigenvalue weighted by molar-refractivity contribution is 0.237. The molecule has 0 saturated carbocycles. The van der Waals surface area contributed by atoms with E-state index >= 15 is 0 Å². The summed E-state index contributed by atoms with van der Waals surface area (Å²) in [4.78, 5) is 24.4. The quantitative estimate of drug-likeness (QED) is 0.140. The van der Waals surface area contributed by atoms with Gasteiger partial charge in [-0.25, -0.2) is 9.59 Å². The Morgan fingerprint density at radius 3 is 2.06 bits per heavy atom. The monoisotopic (exact) mass is 486 g/mol. The van der Waals surface area contributed by atoms with Gasteiger partial charge in [-0.1, -0.05) is 87.7 Å². The second-order valence-electron chi connectivity index (χ2n) is 9.60. The topological polar surface area (TPSA) is 82.3 Å². The van der Waals surface area contributed by atoms with Gasteiger partial charge in [0, 0.05) is 26.2 Å². The van der Waals surface area contributed by atoms with E-state index in [9.17, 15) is 9.59 Å². The van der Waals surface area contributed by atoms with Crippen LogP contribution in [0.3, 0.4) is 0 Å². The van der Waals surface area contributed by atoms with Gasteiger partial charge in [-0.15, -0.1) is 0 Å². The summed E-state index contributed by atoms with van der Waals surface area (Å²) in [5.41, 5.74) is 1.10. The number of nitrogens with one attached hydrogen (secondary N) is 4. The van der Waals surface area contributed by atoms with E-state index in [-0.39, 0.29) is 12.1 Å². The standard InChI is InChI=1S/C30H38N4O2/c1-3-5-8-21(4-2)19-33-29(35)31-17-7-18-32-30(36)34-20-25-14-13-24-12-11-22-9-6-10-23-15-16-26(25)28(24)27(22)23/h6,9-16,21H,3-5,7-8,17-20H2,1-2H3,(H2,31,33,35)(H2,32,34,36). The van der Waals surface area contributed by atoms with Crippen molar-refractivity contribution in [3.8, 4) is 0 Å². The average Bonchev–Trinajstić information content (AvgIpc) is 2.90. The number of urea groups is 2. The van der Waals surface area contributed by atoms with Gasteiger partial charge in [0.15, 0.2) is 0 Å². The third-order valence-corrected chi connectivity index (χ3v) is 7.08. The summed E-state index contributed by atoms with van der Waals surface area (Å²) < 4.78 is 0. The van der Waals surface area contributed by atoms with Crippen LogP contribution in [0.25, 0.3) is 32.3 Å². The molecule has 0 radical (unpaired) electrons. The molecule has 4 N–H and O–H groups in total. The number of carbonyl (C=O) groups excluding carboxylic acids is 2. The third-order valence-electron chi connectivity index (χ3n) is 7.08. The van der Waals surface area contributed by atoms with E-state index < -0.39 is 0 Å². The maximum atomic E-state index is 12.4. The number of hydrogen-bond acceptors (Lipinski definition) is 2. The van der Waals surface area contributed by atoms with Crippen LogP contribution < -0.4 is 21.3 Å². The van der Waals surface area contributed by atoms with E-state index in [1.165, 1.54) is 45.2 Å². The summed E-state index contributed by atoms with van der Waals surface area (Å²) in [5.74, 6) is 0.537. The van der Waals surface area contributed by atoms with Crippen LogP contribution in [0.1, 0.15) is 51.5 Å². The Balaban J connectivity index is 1.21. The normalized spacial score (nSPS) is 12.2. The first kappa shape index (κ1) is 25.5. The van der Waals surface area contributed by atoms with Crippen molar-refractivity contribution < 1.29 is 9.59 Å². The van der Waals surface area contributed by atoms with Crippen LogP contribution in [0, 0.1) is 5.92 Å². The van der Waals surface area contributed by atoms with E-state index in [2.05, 4.69) is 89.7 Å². The number of hydrogen-bond donors (Lipinski definition) is 4. The summed E-state index contributed by atoms with van der Waals surface area (Å²) >= 11 is 0. The highest BCUT2D eigenvalue weighted by Crippen LogP contribution is 2.35. The largest absolute Gasteiger partial charge is 0.338 e. The molecule has 6 nitrogen and oxygen atoms in total. The zero-order chi connectivity index (χ0) is 25.3. The van der Waals surface area contributed by atoms with Gasteiger partial charge < -0.3 is 21.3 Å². The first-order chi connectivity index (χ1) is 17.6. The molecular weight excluding hydrogens is 448 g/mol. The molecular formula is C30H38N4O2. The summed E-state index contributed by atoms with van der Waals surface area (Å²) in [7, 11) is 0. The van der Waals surface area contributed by atoms with Gasteiger partial charge in [0.2, 0.25) is 0 Å². The number of carbonyl (C=O) groups is 2. The number of unbranched alkanes of at least 4 members (excludes halogenated alkanes) is 1. The Morgan fingerprint density at radius 1 is 0.722 bits per heavy atom. The molecule has 0 aromatic heterocycles. The molecule has 0 heterocycles. The van der Waals surface area contributed by atoms with Gasteiger partial charge >= 0.3 is 12.1 Å². The Labute approximate surface area is 213 Å². The second-order valence-corrected chi connectivity index (χ2v) is 9.60. The lowest BCUT2D eigenvalue weighted by Gasteiger charge is -2.16. The maximum Gasteiger partial charge on any atom is 0.315 e. The summed E-state index contributed by atoms with van der Waals surface area (Å²) in [5, 5.41) is 19.1. The van der Waals surface area contributed by atoms with Gasteiger partial charge in [0.05, 0.1) is 0 Å². The van der Waals surface area contributed by atoms with Gasteiger partial charge in [-0.2, -0.15) is 0 Å². The Morgan fingerprint density at radius 2 is 1.36 bits per heavy atom. The van der Waals surface area contributed by atoms with Crippen LogP contribution in [-0.4, -0.2) is 31.7 Å². The average molecular weight is 487 g/mol. The molecule has 1 unspecified atom stereocenters. The van der Waals surface area contributed by atoms with Gasteiger partial charge in [0.25, 0.3) is 0 Å². The van der Waals surface area contributed by atoms with Crippen molar-refractivity contribution in [3.05, 3.63) is 60.2 Å². The lowest BCUT2D eigenvalue weighted by Crippen LogP contribution is -2.40. The van der Waals surface area contributed by atoms with Gasteiger partial charge in [0.1, 0.15) is 0 Å². The minimum absolute atomic E-state index is 0.136. The van der Waals surface area contributed by atoms with E-state index in [0.29, 0.717) is 38.5 Å². The van der Waals surface area contributed by atoms with E-state index in [4.69, 9.17) is 0 Å². The second kappa shape index (κ2) is 12.4. The zero-order valence-electron chi connectivity index (χ0n) is 21.5. The fourth-order valence-corrected chi connectivity index (χ4v) is 4.92. The SMILES string of the molecule is CCCCC(CC)CNC(=O)NCCCNC(=O)NCc1ccc2ccc3cccc4ccc1c2c34. The van der Waals surface area contributed by atoms with Crippen molar-refractivity contribution in [2.24, 2.45) is 5.92 Å². The van der Waals surface area contributed by atoms with Crippen LogP contribution >= 0.6 is 0 Å². The molecule has 0 fully saturated rings. The van der Waals surface area contributed by atoms with Crippen LogP contribution in [0.2, 0.25) is 0 Å². The highest BCUT2D eigenvalue weighted by molar-refractivity contribution is 6.23. The number of benzene rings is 4. The molecule has 36 heavy (non-hydrogen) atoms. The van der Waals surface area contributed by atoms with Crippen LogP contribution in [0.15, 0.2) is 54.6 Å². The van der Waals surface area contributed by atoms with Crippen LogP contribution in [-0.2, 0) is 6.54 Å². The summed E-state index contributed by atoms with van der Waals surface area (Å²) in [6.07, 6.45) is 5.29. The van der Waals surface area contributed by atoms with Crippen LogP contribution in [0.5, 0.6) is 0 Å². The first-order valence-corrected chi connectivity index (χ1v) is 13.3. The fraction of sp³-hybridized carbons (Fsp3) is 0.400. The molecule has 4 aromatic carbocycles. The van der Waals surface area contributed by atoms with E-state index in [1.54, 1.807) is 0 Å². The smallest absolute Gasteiger partial charge is 0.315 e. The highest BCUT2D eigenvalue weighted by atomic mass is 16.2. The highest BCUT2D eigenvalue weighted by Gasteiger charge is 2.11. The predicted molar refractivity (Wildman–Crippen MR) is 150 cm³/mol. The molecule has 190 valence electrons. The molecule has 4 aromatic rings. The fourth-order valence-electron chi connectivity index (χ4n) is 4.92. The number of amides is 4. The summed E-state index contributed by atoms with van der Waals surface area (Å²) in [6, 6.07) is 18.9. The molecule has 0 saturated heterocycles. The van der Waals surface area contributed by atoms with E-state index in [0.717, 1.165) is 18.4 Å².